The first kappa shape index (κ1) is 19.1. The van der Waals surface area contributed by atoms with Gasteiger partial charge in [0.2, 0.25) is 0 Å². The minimum atomic E-state index is -0.244. The molecule has 0 aliphatic carbocycles. The van der Waals surface area contributed by atoms with Gasteiger partial charge in [-0.1, -0.05) is 33.2 Å². The Hall–Kier alpha value is -1.70. The molecule has 0 amide bonds. The van der Waals surface area contributed by atoms with Crippen LogP contribution in [0.15, 0.2) is 39.3 Å². The van der Waals surface area contributed by atoms with E-state index in [1.807, 2.05) is 30.3 Å². The molecule has 26 heavy (non-hydrogen) atoms. The van der Waals surface area contributed by atoms with Crippen molar-refractivity contribution in [2.45, 2.75) is 6.42 Å². The predicted molar refractivity (Wildman–Crippen MR) is 103 cm³/mol. The van der Waals surface area contributed by atoms with E-state index in [1.165, 1.54) is 7.11 Å². The average molecular weight is 422 g/mol. The van der Waals surface area contributed by atoms with E-state index in [1.54, 1.807) is 0 Å². The number of carbonyl (C=O) groups excluding carboxylic acids is 1. The zero-order valence-corrected chi connectivity index (χ0v) is 16.7. The number of esters is 1. The Morgan fingerprint density at radius 1 is 1.27 bits per heavy atom. The number of rotatable bonds is 6. The lowest BCUT2D eigenvalue weighted by molar-refractivity contribution is -0.146. The number of halogens is 1. The molecule has 1 aromatic carbocycles. The fourth-order valence-corrected chi connectivity index (χ4v) is 3.41. The van der Waals surface area contributed by atoms with Crippen LogP contribution in [0, 0.1) is 5.92 Å². The summed E-state index contributed by atoms with van der Waals surface area (Å²) in [5, 5.41) is 4.16. The van der Waals surface area contributed by atoms with Crippen LogP contribution in [0.3, 0.4) is 0 Å². The topological polar surface area (TPSA) is 58.8 Å². The van der Waals surface area contributed by atoms with E-state index in [9.17, 15) is 4.79 Å². The monoisotopic (exact) mass is 421 g/mol. The summed E-state index contributed by atoms with van der Waals surface area (Å²) >= 11 is 3.43. The lowest BCUT2D eigenvalue weighted by atomic mass is 10.0. The van der Waals surface area contributed by atoms with Crippen molar-refractivity contribution in [2.75, 3.05) is 46.9 Å². The number of piperazine rings is 1. The van der Waals surface area contributed by atoms with Gasteiger partial charge >= 0.3 is 5.97 Å². The third kappa shape index (κ3) is 4.93. The average Bonchev–Trinajstić information content (AvgIpc) is 3.11. The molecule has 3 rings (SSSR count). The lowest BCUT2D eigenvalue weighted by Gasteiger charge is -2.33. The van der Waals surface area contributed by atoms with Crippen molar-refractivity contribution >= 4 is 21.9 Å². The second kappa shape index (κ2) is 8.79. The lowest BCUT2D eigenvalue weighted by Crippen LogP contribution is -2.47. The maximum Gasteiger partial charge on any atom is 0.310 e. The summed E-state index contributed by atoms with van der Waals surface area (Å²) in [5.74, 6) is 0.263. The number of aromatic nitrogens is 1. The molecule has 1 aromatic heterocycles. The minimum absolute atomic E-state index is 0.197. The first-order valence-electron chi connectivity index (χ1n) is 8.75. The second-order valence-corrected chi connectivity index (χ2v) is 7.63. The van der Waals surface area contributed by atoms with Crippen molar-refractivity contribution in [3.8, 4) is 11.3 Å². The Kier molecular flexibility index (Phi) is 6.45. The van der Waals surface area contributed by atoms with Crippen LogP contribution in [0.2, 0.25) is 0 Å². The van der Waals surface area contributed by atoms with Gasteiger partial charge in [0.05, 0.1) is 18.7 Å². The molecule has 0 saturated carbocycles. The van der Waals surface area contributed by atoms with Gasteiger partial charge in [-0.05, 0) is 19.2 Å². The van der Waals surface area contributed by atoms with Crippen LogP contribution in [0.4, 0.5) is 0 Å². The molecular weight excluding hydrogens is 398 g/mol. The van der Waals surface area contributed by atoms with E-state index >= 15 is 0 Å². The van der Waals surface area contributed by atoms with Crippen LogP contribution in [0.25, 0.3) is 11.3 Å². The van der Waals surface area contributed by atoms with Gasteiger partial charge in [0.25, 0.3) is 0 Å². The molecule has 1 saturated heterocycles. The van der Waals surface area contributed by atoms with Gasteiger partial charge in [0.15, 0.2) is 5.76 Å². The fourth-order valence-electron chi connectivity index (χ4n) is 3.14. The SMILES string of the molecule is COC(=O)C(Cc1cc(-c2ccc(Br)cc2)on1)CN1CCN(C)CC1. The van der Waals surface area contributed by atoms with Crippen LogP contribution >= 0.6 is 15.9 Å². The third-order valence-corrected chi connectivity index (χ3v) is 5.28. The van der Waals surface area contributed by atoms with Gasteiger partial charge < -0.3 is 14.2 Å². The van der Waals surface area contributed by atoms with Gasteiger partial charge in [-0.15, -0.1) is 0 Å². The fraction of sp³-hybridized carbons (Fsp3) is 0.474. The molecule has 1 aliphatic heterocycles. The second-order valence-electron chi connectivity index (χ2n) is 6.72. The largest absolute Gasteiger partial charge is 0.469 e. The molecule has 0 bridgehead atoms. The van der Waals surface area contributed by atoms with E-state index < -0.39 is 0 Å². The number of likely N-dealkylation sites (N-methyl/N-ethyl adjacent to an activating group) is 1. The van der Waals surface area contributed by atoms with Crippen molar-refractivity contribution in [3.05, 3.63) is 40.5 Å². The van der Waals surface area contributed by atoms with E-state index in [-0.39, 0.29) is 11.9 Å². The molecule has 1 atom stereocenters. The zero-order chi connectivity index (χ0) is 18.5. The van der Waals surface area contributed by atoms with Crippen molar-refractivity contribution in [1.29, 1.82) is 0 Å². The van der Waals surface area contributed by atoms with Gasteiger partial charge in [0, 0.05) is 55.2 Å². The number of ether oxygens (including phenoxy) is 1. The van der Waals surface area contributed by atoms with Crippen molar-refractivity contribution in [3.63, 3.8) is 0 Å². The Bertz CT molecular complexity index is 724. The van der Waals surface area contributed by atoms with Crippen molar-refractivity contribution in [1.82, 2.24) is 15.0 Å². The standard InChI is InChI=1S/C19H24BrN3O3/c1-22-7-9-23(10-8-22)13-15(19(24)25-2)11-17-12-18(26-21-17)14-3-5-16(20)6-4-14/h3-6,12,15H,7-11,13H2,1-2H3. The molecule has 0 spiro atoms. The summed E-state index contributed by atoms with van der Waals surface area (Å²) in [4.78, 5) is 16.9. The number of nitrogens with zero attached hydrogens (tertiary/aromatic N) is 3. The summed E-state index contributed by atoms with van der Waals surface area (Å²) < 4.78 is 11.5. The molecule has 6 nitrogen and oxygen atoms in total. The van der Waals surface area contributed by atoms with Crippen LogP contribution in [0.1, 0.15) is 5.69 Å². The van der Waals surface area contributed by atoms with Gasteiger partial charge in [-0.2, -0.15) is 0 Å². The van der Waals surface area contributed by atoms with Gasteiger partial charge in [-0.25, -0.2) is 0 Å². The van der Waals surface area contributed by atoms with Gasteiger partial charge in [0.1, 0.15) is 0 Å². The molecule has 7 heteroatoms. The summed E-state index contributed by atoms with van der Waals surface area (Å²) in [6.45, 7) is 4.65. The van der Waals surface area contributed by atoms with Crippen LogP contribution in [-0.2, 0) is 16.0 Å². The number of methoxy groups -OCH3 is 1. The summed E-state index contributed by atoms with van der Waals surface area (Å²) in [5.41, 5.74) is 1.73. The van der Waals surface area contributed by atoms with Gasteiger partial charge in [-0.3, -0.25) is 9.69 Å². The van der Waals surface area contributed by atoms with Crippen molar-refractivity contribution in [2.24, 2.45) is 5.92 Å². The minimum Gasteiger partial charge on any atom is -0.469 e. The van der Waals surface area contributed by atoms with E-state index in [0.717, 1.165) is 41.9 Å². The highest BCUT2D eigenvalue weighted by Crippen LogP contribution is 2.24. The van der Waals surface area contributed by atoms with Crippen LogP contribution < -0.4 is 0 Å². The Labute approximate surface area is 162 Å². The maximum absolute atomic E-state index is 12.2. The third-order valence-electron chi connectivity index (χ3n) is 4.75. The Morgan fingerprint density at radius 2 is 1.96 bits per heavy atom. The normalized spacial score (nSPS) is 17.2. The zero-order valence-electron chi connectivity index (χ0n) is 15.2. The predicted octanol–water partition coefficient (Wildman–Crippen LogP) is 2.68. The summed E-state index contributed by atoms with van der Waals surface area (Å²) in [6, 6.07) is 9.76. The van der Waals surface area contributed by atoms with Crippen LogP contribution in [-0.4, -0.2) is 67.8 Å². The highest BCUT2D eigenvalue weighted by Gasteiger charge is 2.26. The molecule has 0 radical (unpaired) electrons. The molecule has 2 heterocycles. The van der Waals surface area contributed by atoms with E-state index in [4.69, 9.17) is 9.26 Å². The molecule has 2 aromatic rings. The number of hydrogen-bond acceptors (Lipinski definition) is 6. The highest BCUT2D eigenvalue weighted by atomic mass is 79.9. The molecule has 140 valence electrons. The Balaban J connectivity index is 1.67. The number of hydrogen-bond donors (Lipinski definition) is 0. The molecule has 0 N–H and O–H groups in total. The van der Waals surface area contributed by atoms with Crippen LogP contribution in [0.5, 0.6) is 0 Å². The number of carbonyl (C=O) groups is 1. The molecule has 1 fully saturated rings. The highest BCUT2D eigenvalue weighted by molar-refractivity contribution is 9.10. The summed E-state index contributed by atoms with van der Waals surface area (Å²) in [6.07, 6.45) is 0.513. The molecular formula is C19H24BrN3O3. The molecule has 1 aliphatic rings. The number of benzene rings is 1. The van der Waals surface area contributed by atoms with E-state index in [0.29, 0.717) is 18.7 Å². The molecule has 1 unspecified atom stereocenters. The first-order chi connectivity index (χ1) is 12.5. The van der Waals surface area contributed by atoms with Crippen molar-refractivity contribution < 1.29 is 14.1 Å². The summed E-state index contributed by atoms with van der Waals surface area (Å²) in [7, 11) is 3.56. The smallest absolute Gasteiger partial charge is 0.310 e. The Morgan fingerprint density at radius 3 is 2.62 bits per heavy atom. The maximum atomic E-state index is 12.2. The first-order valence-corrected chi connectivity index (χ1v) is 9.54. The van der Waals surface area contributed by atoms with E-state index in [2.05, 4.69) is 37.9 Å². The quantitative estimate of drug-likeness (QED) is 0.668.